The van der Waals surface area contributed by atoms with E-state index in [4.69, 9.17) is 10.5 Å². The van der Waals surface area contributed by atoms with Gasteiger partial charge in [-0.25, -0.2) is 4.79 Å². The Hall–Kier alpha value is -1.40. The molecule has 1 aromatic heterocycles. The van der Waals surface area contributed by atoms with Gasteiger partial charge in [0.25, 0.3) is 0 Å². The molecule has 3 N–H and O–H groups in total. The lowest BCUT2D eigenvalue weighted by atomic mass is 9.93. The van der Waals surface area contributed by atoms with Gasteiger partial charge >= 0.3 is 5.69 Å². The van der Waals surface area contributed by atoms with Gasteiger partial charge in [0.2, 0.25) is 0 Å². The Morgan fingerprint density at radius 3 is 2.76 bits per heavy atom. The smallest absolute Gasteiger partial charge is 0.351 e. The number of hydrogen-bond donors (Lipinski definition) is 2. The molecule has 17 heavy (non-hydrogen) atoms. The molecule has 0 aliphatic carbocycles. The highest BCUT2D eigenvalue weighted by Gasteiger charge is 2.39. The average molecular weight is 239 g/mol. The molecular weight excluding hydrogens is 222 g/mol. The SMILES string of the molecule is CC1C(CO)OC(n2ccc(N)nc2=O)C1C. The lowest BCUT2D eigenvalue weighted by molar-refractivity contribution is -0.0375. The van der Waals surface area contributed by atoms with Crippen molar-refractivity contribution in [1.82, 2.24) is 9.55 Å². The minimum absolute atomic E-state index is 0.0425. The molecule has 0 amide bonds. The van der Waals surface area contributed by atoms with E-state index in [1.54, 1.807) is 12.3 Å². The zero-order valence-electron chi connectivity index (χ0n) is 9.91. The summed E-state index contributed by atoms with van der Waals surface area (Å²) >= 11 is 0. The first-order valence-corrected chi connectivity index (χ1v) is 5.65. The Morgan fingerprint density at radius 1 is 1.53 bits per heavy atom. The fourth-order valence-corrected chi connectivity index (χ4v) is 2.17. The molecule has 1 aliphatic heterocycles. The van der Waals surface area contributed by atoms with Crippen LogP contribution in [0.25, 0.3) is 0 Å². The van der Waals surface area contributed by atoms with Crippen LogP contribution < -0.4 is 11.4 Å². The second kappa shape index (κ2) is 4.46. The van der Waals surface area contributed by atoms with Crippen molar-refractivity contribution in [2.24, 2.45) is 11.8 Å². The molecule has 0 spiro atoms. The van der Waals surface area contributed by atoms with Gasteiger partial charge < -0.3 is 15.6 Å². The summed E-state index contributed by atoms with van der Waals surface area (Å²) in [5.41, 5.74) is 5.01. The van der Waals surface area contributed by atoms with E-state index >= 15 is 0 Å². The fourth-order valence-electron chi connectivity index (χ4n) is 2.17. The normalized spacial score (nSPS) is 32.9. The van der Waals surface area contributed by atoms with E-state index in [0.717, 1.165) is 0 Å². The van der Waals surface area contributed by atoms with Crippen LogP contribution in [0.3, 0.4) is 0 Å². The third-order valence-electron chi connectivity index (χ3n) is 3.49. The lowest BCUT2D eigenvalue weighted by Crippen LogP contribution is -2.29. The topological polar surface area (TPSA) is 90.4 Å². The van der Waals surface area contributed by atoms with Gasteiger partial charge in [-0.2, -0.15) is 4.98 Å². The lowest BCUT2D eigenvalue weighted by Gasteiger charge is -2.18. The number of hydrogen-bond acceptors (Lipinski definition) is 5. The van der Waals surface area contributed by atoms with Crippen LogP contribution in [0.5, 0.6) is 0 Å². The summed E-state index contributed by atoms with van der Waals surface area (Å²) in [5.74, 6) is 0.522. The summed E-state index contributed by atoms with van der Waals surface area (Å²) in [4.78, 5) is 15.4. The minimum atomic E-state index is -0.423. The van der Waals surface area contributed by atoms with Gasteiger partial charge in [0.05, 0.1) is 12.7 Å². The summed E-state index contributed by atoms with van der Waals surface area (Å²) < 4.78 is 7.10. The maximum atomic E-state index is 11.7. The molecule has 6 nitrogen and oxygen atoms in total. The maximum Gasteiger partial charge on any atom is 0.351 e. The van der Waals surface area contributed by atoms with Crippen molar-refractivity contribution in [3.63, 3.8) is 0 Å². The van der Waals surface area contributed by atoms with Crippen LogP contribution in [0.2, 0.25) is 0 Å². The number of nitrogens with zero attached hydrogens (tertiary/aromatic N) is 2. The van der Waals surface area contributed by atoms with Crippen molar-refractivity contribution in [1.29, 1.82) is 0 Å². The number of aliphatic hydroxyl groups is 1. The first-order chi connectivity index (χ1) is 8.04. The predicted molar refractivity (Wildman–Crippen MR) is 62.2 cm³/mol. The molecule has 0 bridgehead atoms. The van der Waals surface area contributed by atoms with Gasteiger partial charge in [-0.3, -0.25) is 4.57 Å². The molecule has 0 saturated carbocycles. The molecule has 0 radical (unpaired) electrons. The second-order valence-electron chi connectivity index (χ2n) is 4.51. The van der Waals surface area contributed by atoms with Crippen molar-refractivity contribution in [2.45, 2.75) is 26.2 Å². The van der Waals surface area contributed by atoms with Gasteiger partial charge in [0.15, 0.2) is 0 Å². The molecule has 4 unspecified atom stereocenters. The minimum Gasteiger partial charge on any atom is -0.394 e. The van der Waals surface area contributed by atoms with Crippen molar-refractivity contribution >= 4 is 5.82 Å². The molecule has 1 saturated heterocycles. The largest absolute Gasteiger partial charge is 0.394 e. The molecule has 4 atom stereocenters. The molecule has 94 valence electrons. The van der Waals surface area contributed by atoms with E-state index in [9.17, 15) is 9.90 Å². The molecule has 2 heterocycles. The first-order valence-electron chi connectivity index (χ1n) is 5.65. The Balaban J connectivity index is 2.32. The van der Waals surface area contributed by atoms with Gasteiger partial charge in [-0.05, 0) is 12.0 Å². The average Bonchev–Trinajstić information content (AvgIpc) is 2.57. The highest BCUT2D eigenvalue weighted by Crippen LogP contribution is 2.37. The van der Waals surface area contributed by atoms with Crippen LogP contribution in [-0.2, 0) is 4.74 Å². The highest BCUT2D eigenvalue weighted by atomic mass is 16.5. The highest BCUT2D eigenvalue weighted by molar-refractivity contribution is 5.23. The van der Waals surface area contributed by atoms with E-state index in [1.807, 2.05) is 13.8 Å². The van der Waals surface area contributed by atoms with Crippen LogP contribution in [-0.4, -0.2) is 27.4 Å². The monoisotopic (exact) mass is 239 g/mol. The van der Waals surface area contributed by atoms with Crippen LogP contribution in [0.4, 0.5) is 5.82 Å². The summed E-state index contributed by atoms with van der Waals surface area (Å²) in [6, 6.07) is 1.56. The number of rotatable bonds is 2. The number of nitrogen functional groups attached to an aromatic ring is 1. The number of anilines is 1. The fraction of sp³-hybridized carbons (Fsp3) is 0.636. The molecule has 0 aromatic carbocycles. The summed E-state index contributed by atoms with van der Waals surface area (Å²) in [5, 5.41) is 9.18. The predicted octanol–water partition coefficient (Wildman–Crippen LogP) is -0.0126. The van der Waals surface area contributed by atoms with E-state index in [0.29, 0.717) is 0 Å². The standard InChI is InChI=1S/C11H17N3O3/c1-6-7(2)10(17-8(6)5-15)14-4-3-9(12)13-11(14)16/h3-4,6-8,10,15H,5H2,1-2H3,(H2,12,13,16). The Morgan fingerprint density at radius 2 is 2.24 bits per heavy atom. The van der Waals surface area contributed by atoms with Crippen LogP contribution in [0.1, 0.15) is 20.1 Å². The van der Waals surface area contributed by atoms with Crippen molar-refractivity contribution < 1.29 is 9.84 Å². The van der Waals surface area contributed by atoms with Gasteiger partial charge in [0, 0.05) is 12.1 Å². The van der Waals surface area contributed by atoms with E-state index in [-0.39, 0.29) is 36.6 Å². The third kappa shape index (κ3) is 2.05. The van der Waals surface area contributed by atoms with Gasteiger partial charge in [0.1, 0.15) is 12.0 Å². The number of aromatic nitrogens is 2. The van der Waals surface area contributed by atoms with Crippen LogP contribution in [0.15, 0.2) is 17.1 Å². The second-order valence-corrected chi connectivity index (χ2v) is 4.51. The van der Waals surface area contributed by atoms with E-state index < -0.39 is 5.69 Å². The molecule has 1 aromatic rings. The number of aliphatic hydroxyl groups excluding tert-OH is 1. The van der Waals surface area contributed by atoms with Gasteiger partial charge in [-0.1, -0.05) is 13.8 Å². The first kappa shape index (κ1) is 12.1. The zero-order chi connectivity index (χ0) is 12.6. The summed E-state index contributed by atoms with van der Waals surface area (Å²) in [6.45, 7) is 3.95. The number of ether oxygens (including phenoxy) is 1. The summed E-state index contributed by atoms with van der Waals surface area (Å²) in [7, 11) is 0. The molecule has 6 heteroatoms. The van der Waals surface area contributed by atoms with Crippen molar-refractivity contribution in [3.05, 3.63) is 22.7 Å². The van der Waals surface area contributed by atoms with E-state index in [1.165, 1.54) is 4.57 Å². The molecule has 1 fully saturated rings. The van der Waals surface area contributed by atoms with Crippen LogP contribution >= 0.6 is 0 Å². The Labute approximate surface area is 99.0 Å². The van der Waals surface area contributed by atoms with Crippen LogP contribution in [0, 0.1) is 11.8 Å². The molecule has 1 aliphatic rings. The molecular formula is C11H17N3O3. The van der Waals surface area contributed by atoms with Gasteiger partial charge in [-0.15, -0.1) is 0 Å². The van der Waals surface area contributed by atoms with Crippen molar-refractivity contribution in [2.75, 3.05) is 12.3 Å². The Bertz CT molecular complexity index is 460. The Kier molecular flexibility index (Phi) is 3.17. The quantitative estimate of drug-likeness (QED) is 0.757. The maximum absolute atomic E-state index is 11.7. The number of nitrogens with two attached hydrogens (primary N) is 1. The third-order valence-corrected chi connectivity index (χ3v) is 3.49. The van der Waals surface area contributed by atoms with Crippen molar-refractivity contribution in [3.8, 4) is 0 Å². The van der Waals surface area contributed by atoms with E-state index in [2.05, 4.69) is 4.98 Å². The molecule has 2 rings (SSSR count). The zero-order valence-corrected chi connectivity index (χ0v) is 9.91. The summed E-state index contributed by atoms with van der Waals surface area (Å²) in [6.07, 6.45) is 0.959.